The third-order valence-corrected chi connectivity index (χ3v) is 2.19. The maximum absolute atomic E-state index is 10.6. The Hall–Kier alpha value is -1.57. The van der Waals surface area contributed by atoms with Crippen LogP contribution in [0.5, 0.6) is 0 Å². The van der Waals surface area contributed by atoms with Crippen molar-refractivity contribution in [2.45, 2.75) is 19.4 Å². The smallest absolute Gasteiger partial charge is 0.297 e. The van der Waals surface area contributed by atoms with E-state index in [0.29, 0.717) is 10.6 Å². The summed E-state index contributed by atoms with van der Waals surface area (Å²) in [5.74, 6) is -0.615. The Kier molecular flexibility index (Phi) is 3.88. The van der Waals surface area contributed by atoms with Gasteiger partial charge < -0.3 is 0 Å². The van der Waals surface area contributed by atoms with Gasteiger partial charge in [-0.05, 0) is 19.1 Å². The maximum atomic E-state index is 10.6. The molecule has 0 saturated carbocycles. The molecule has 1 atom stereocenters. The van der Waals surface area contributed by atoms with Crippen molar-refractivity contribution in [3.63, 3.8) is 0 Å². The molecule has 0 amide bonds. The second-order valence-corrected chi connectivity index (χ2v) is 3.75. The van der Waals surface area contributed by atoms with Gasteiger partial charge in [-0.1, -0.05) is 23.7 Å². The van der Waals surface area contributed by atoms with Gasteiger partial charge in [-0.2, -0.15) is 10.1 Å². The van der Waals surface area contributed by atoms with E-state index in [9.17, 15) is 4.79 Å². The van der Waals surface area contributed by atoms with Crippen LogP contribution in [0, 0.1) is 11.3 Å². The number of rotatable bonds is 3. The molecular formula is C11H10ClNO3. The maximum Gasteiger partial charge on any atom is 0.339 e. The fraction of sp³-hybridized carbons (Fsp3) is 0.273. The average Bonchev–Trinajstić information content (AvgIpc) is 2.27. The van der Waals surface area contributed by atoms with Crippen molar-refractivity contribution in [3.8, 4) is 6.07 Å². The minimum atomic E-state index is -1.34. The van der Waals surface area contributed by atoms with Crippen LogP contribution < -0.4 is 0 Å². The molecular weight excluding hydrogens is 230 g/mol. The van der Waals surface area contributed by atoms with E-state index in [4.69, 9.17) is 21.8 Å². The van der Waals surface area contributed by atoms with E-state index in [-0.39, 0.29) is 0 Å². The lowest BCUT2D eigenvalue weighted by atomic mass is 9.98. The molecule has 1 aromatic rings. The molecule has 0 fully saturated rings. The standard InChI is InChI=1S/C11H10ClNO3/c1-8(14)15-16-11(2,7-13)9-3-5-10(12)6-4-9/h3-6H,1-2H3. The zero-order chi connectivity index (χ0) is 12.2. The third-order valence-electron chi connectivity index (χ3n) is 1.93. The highest BCUT2D eigenvalue weighted by atomic mass is 35.5. The molecule has 1 unspecified atom stereocenters. The third kappa shape index (κ3) is 2.96. The van der Waals surface area contributed by atoms with E-state index in [1.165, 1.54) is 13.8 Å². The molecule has 0 aliphatic rings. The largest absolute Gasteiger partial charge is 0.339 e. The van der Waals surface area contributed by atoms with Gasteiger partial charge in [-0.3, -0.25) is 4.89 Å². The molecule has 5 heteroatoms. The molecule has 84 valence electrons. The van der Waals surface area contributed by atoms with Crippen LogP contribution in [-0.2, 0) is 20.2 Å². The number of benzene rings is 1. The Bertz CT molecular complexity index is 424. The lowest BCUT2D eigenvalue weighted by Gasteiger charge is -2.19. The highest BCUT2D eigenvalue weighted by molar-refractivity contribution is 6.30. The zero-order valence-electron chi connectivity index (χ0n) is 8.86. The van der Waals surface area contributed by atoms with Crippen molar-refractivity contribution in [1.29, 1.82) is 5.26 Å². The van der Waals surface area contributed by atoms with E-state index < -0.39 is 11.6 Å². The predicted molar refractivity (Wildman–Crippen MR) is 57.3 cm³/mol. The lowest BCUT2D eigenvalue weighted by Crippen LogP contribution is -2.25. The molecule has 0 heterocycles. The fourth-order valence-electron chi connectivity index (χ4n) is 1.04. The monoisotopic (exact) mass is 239 g/mol. The van der Waals surface area contributed by atoms with Gasteiger partial charge in [-0.25, -0.2) is 4.79 Å². The van der Waals surface area contributed by atoms with Gasteiger partial charge in [0.05, 0.1) is 0 Å². The minimum Gasteiger partial charge on any atom is -0.297 e. The SMILES string of the molecule is CC(=O)OOC(C)(C#N)c1ccc(Cl)cc1. The second kappa shape index (κ2) is 4.97. The van der Waals surface area contributed by atoms with Gasteiger partial charge in [0.1, 0.15) is 6.07 Å². The minimum absolute atomic E-state index is 0.552. The van der Waals surface area contributed by atoms with Crippen LogP contribution >= 0.6 is 11.6 Å². The summed E-state index contributed by atoms with van der Waals surface area (Å²) >= 11 is 5.72. The second-order valence-electron chi connectivity index (χ2n) is 3.31. The van der Waals surface area contributed by atoms with Crippen molar-refractivity contribution < 1.29 is 14.6 Å². The first kappa shape index (κ1) is 12.5. The molecule has 1 aromatic carbocycles. The van der Waals surface area contributed by atoms with E-state index >= 15 is 0 Å². The van der Waals surface area contributed by atoms with Gasteiger partial charge in [0.15, 0.2) is 0 Å². The summed E-state index contributed by atoms with van der Waals surface area (Å²) in [4.78, 5) is 19.8. The summed E-state index contributed by atoms with van der Waals surface area (Å²) in [6.45, 7) is 2.69. The van der Waals surface area contributed by atoms with Gasteiger partial charge in [-0.15, -0.1) is 0 Å². The Morgan fingerprint density at radius 3 is 2.44 bits per heavy atom. The molecule has 0 spiro atoms. The number of hydrogen-bond acceptors (Lipinski definition) is 4. The number of carbonyl (C=O) groups is 1. The van der Waals surface area contributed by atoms with Gasteiger partial charge in [0, 0.05) is 17.5 Å². The van der Waals surface area contributed by atoms with E-state index in [0.717, 1.165) is 0 Å². The number of nitriles is 1. The quantitative estimate of drug-likeness (QED) is 0.601. The molecule has 0 aromatic heterocycles. The van der Waals surface area contributed by atoms with Crippen molar-refractivity contribution >= 4 is 17.6 Å². The molecule has 4 nitrogen and oxygen atoms in total. The average molecular weight is 240 g/mol. The van der Waals surface area contributed by atoms with E-state index in [1.807, 2.05) is 6.07 Å². The zero-order valence-corrected chi connectivity index (χ0v) is 9.62. The van der Waals surface area contributed by atoms with Crippen LogP contribution in [0.2, 0.25) is 5.02 Å². The summed E-state index contributed by atoms with van der Waals surface area (Å²) in [7, 11) is 0. The first-order valence-corrected chi connectivity index (χ1v) is 4.89. The molecule has 0 N–H and O–H groups in total. The summed E-state index contributed by atoms with van der Waals surface area (Å²) < 4.78 is 0. The molecule has 0 bridgehead atoms. The molecule has 0 saturated heterocycles. The predicted octanol–water partition coefficient (Wildman–Crippen LogP) is 2.57. The van der Waals surface area contributed by atoms with Crippen LogP contribution in [-0.4, -0.2) is 5.97 Å². The molecule has 0 radical (unpaired) electrons. The Labute approximate surface area is 98.3 Å². The number of nitrogens with zero attached hydrogens (tertiary/aromatic N) is 1. The molecule has 16 heavy (non-hydrogen) atoms. The highest BCUT2D eigenvalue weighted by Crippen LogP contribution is 2.26. The van der Waals surface area contributed by atoms with E-state index in [1.54, 1.807) is 24.3 Å². The number of hydrogen-bond donors (Lipinski definition) is 0. The highest BCUT2D eigenvalue weighted by Gasteiger charge is 2.30. The molecule has 1 rings (SSSR count). The van der Waals surface area contributed by atoms with Crippen LogP contribution in [0.15, 0.2) is 24.3 Å². The Morgan fingerprint density at radius 2 is 2.00 bits per heavy atom. The number of halogens is 1. The summed E-state index contributed by atoms with van der Waals surface area (Å²) in [5.41, 5.74) is -0.781. The summed E-state index contributed by atoms with van der Waals surface area (Å²) in [6, 6.07) is 8.45. The van der Waals surface area contributed by atoms with Crippen LogP contribution in [0.25, 0.3) is 0 Å². The summed E-state index contributed by atoms with van der Waals surface area (Å²) in [5, 5.41) is 9.57. The first-order chi connectivity index (χ1) is 7.48. The number of carbonyl (C=O) groups excluding carboxylic acids is 1. The summed E-state index contributed by atoms with van der Waals surface area (Å²) in [6.07, 6.45) is 0. The Balaban J connectivity index is 2.92. The fourth-order valence-corrected chi connectivity index (χ4v) is 1.17. The topological polar surface area (TPSA) is 59.3 Å². The van der Waals surface area contributed by atoms with Crippen molar-refractivity contribution in [2.24, 2.45) is 0 Å². The normalized spacial score (nSPS) is 13.6. The van der Waals surface area contributed by atoms with Crippen LogP contribution in [0.1, 0.15) is 19.4 Å². The van der Waals surface area contributed by atoms with Gasteiger partial charge in [0.25, 0.3) is 0 Å². The van der Waals surface area contributed by atoms with Gasteiger partial charge in [0.2, 0.25) is 5.60 Å². The van der Waals surface area contributed by atoms with Crippen molar-refractivity contribution in [1.82, 2.24) is 0 Å². The van der Waals surface area contributed by atoms with Crippen molar-refractivity contribution in [3.05, 3.63) is 34.9 Å². The van der Waals surface area contributed by atoms with Crippen LogP contribution in [0.3, 0.4) is 0 Å². The molecule has 0 aliphatic heterocycles. The molecule has 0 aliphatic carbocycles. The van der Waals surface area contributed by atoms with E-state index in [2.05, 4.69) is 4.89 Å². The lowest BCUT2D eigenvalue weighted by molar-refractivity contribution is -0.317. The Morgan fingerprint density at radius 1 is 1.44 bits per heavy atom. The first-order valence-electron chi connectivity index (χ1n) is 4.51. The van der Waals surface area contributed by atoms with Crippen molar-refractivity contribution in [2.75, 3.05) is 0 Å². The van der Waals surface area contributed by atoms with Crippen LogP contribution in [0.4, 0.5) is 0 Å². The van der Waals surface area contributed by atoms with Gasteiger partial charge >= 0.3 is 5.97 Å².